The molecule has 20 nitrogen and oxygen atoms in total. The van der Waals surface area contributed by atoms with Crippen LogP contribution < -0.4 is 41.7 Å². The Kier molecular flexibility index (Phi) is 26.3. The number of halogens is 10. The Labute approximate surface area is 635 Å². The van der Waals surface area contributed by atoms with Crippen LogP contribution in [0.15, 0.2) is 145 Å². The van der Waals surface area contributed by atoms with Crippen LogP contribution >= 0.6 is 0 Å². The van der Waals surface area contributed by atoms with E-state index in [0.29, 0.717) is 32.0 Å². The number of fused-ring (bicyclic) bond motifs is 7. The highest BCUT2D eigenvalue weighted by Crippen LogP contribution is 2.53. The third-order valence-corrected chi connectivity index (χ3v) is 16.0. The fraction of sp³-hybridized carbons (Fsp3) is 0. The van der Waals surface area contributed by atoms with E-state index in [4.69, 9.17) is 108 Å². The summed E-state index contributed by atoms with van der Waals surface area (Å²) in [6.45, 7) is 68.7. The van der Waals surface area contributed by atoms with E-state index in [2.05, 4.69) is 48.5 Å². The van der Waals surface area contributed by atoms with E-state index < -0.39 is 113 Å². The van der Waals surface area contributed by atoms with Crippen LogP contribution in [0.25, 0.3) is 138 Å². The summed E-state index contributed by atoms with van der Waals surface area (Å²) < 4.78 is 140. The summed E-state index contributed by atoms with van der Waals surface area (Å²) in [6.07, 6.45) is 0. The zero-order valence-electron chi connectivity index (χ0n) is 56.4. The molecule has 0 spiro atoms. The van der Waals surface area contributed by atoms with Crippen LogP contribution in [-0.4, -0.2) is 0 Å². The van der Waals surface area contributed by atoms with Crippen molar-refractivity contribution in [1.29, 1.82) is 52.6 Å². The molecule has 0 saturated carbocycles. The van der Waals surface area contributed by atoms with Crippen molar-refractivity contribution in [2.24, 2.45) is 0 Å². The number of rotatable bonds is 0. The summed E-state index contributed by atoms with van der Waals surface area (Å²) >= 11 is 0. The Bertz CT molecular complexity index is 6880. The maximum Gasteiger partial charge on any atom is 0.532 e. The van der Waals surface area contributed by atoms with Crippen molar-refractivity contribution in [3.05, 3.63) is 392 Å². The van der Waals surface area contributed by atoms with Gasteiger partial charge in [-0.1, -0.05) is 121 Å². The molecule has 0 N–H and O–H groups in total. The van der Waals surface area contributed by atoms with Gasteiger partial charge < -0.3 is 0 Å². The summed E-state index contributed by atoms with van der Waals surface area (Å²) in [7, 11) is 0. The average molecular weight is 1500 g/mol. The summed E-state index contributed by atoms with van der Waals surface area (Å²) in [5.74, 6) is -22.3. The van der Waals surface area contributed by atoms with Gasteiger partial charge in [-0.25, -0.2) is 105 Å². The van der Waals surface area contributed by atoms with Gasteiger partial charge in [-0.2, -0.15) is 40.4 Å². The largest absolute Gasteiger partial charge is 0.532 e. The van der Waals surface area contributed by atoms with Crippen LogP contribution in [0.2, 0.25) is 0 Å². The van der Waals surface area contributed by atoms with E-state index in [1.807, 2.05) is 109 Å². The van der Waals surface area contributed by atoms with Crippen molar-refractivity contribution >= 4 is 67.5 Å². The highest BCUT2D eigenvalue weighted by atomic mass is 19.2. The predicted octanol–water partition coefficient (Wildman–Crippen LogP) is 13.0. The van der Waals surface area contributed by atoms with E-state index in [0.717, 1.165) is 79.2 Å². The minimum absolute atomic E-state index is 0.00660. The molecule has 528 valence electrons. The van der Waals surface area contributed by atoms with Crippen LogP contribution in [0.4, 0.5) is 43.9 Å². The van der Waals surface area contributed by atoms with Gasteiger partial charge in [0.15, 0.2) is 46.5 Å². The second-order valence-electron chi connectivity index (χ2n) is 21.6. The molecule has 0 heterocycles. The Balaban J connectivity index is 0.000000201. The maximum atomic E-state index is 14.4. The molecule has 0 aromatic heterocycles. The number of benzene rings is 9. The van der Waals surface area contributed by atoms with E-state index >= 15 is 0 Å². The van der Waals surface area contributed by atoms with Gasteiger partial charge in [0.05, 0.1) is 107 Å². The highest BCUT2D eigenvalue weighted by Gasteiger charge is 2.34. The lowest BCUT2D eigenvalue weighted by atomic mass is 9.95. The van der Waals surface area contributed by atoms with Gasteiger partial charge in [0.2, 0.25) is 0 Å². The molecule has 0 unspecified atom stereocenters. The van der Waals surface area contributed by atoms with Crippen molar-refractivity contribution in [2.75, 3.05) is 0 Å². The van der Waals surface area contributed by atoms with Crippen molar-refractivity contribution in [3.8, 4) is 82.9 Å². The number of nitriles is 10. The van der Waals surface area contributed by atoms with Gasteiger partial charge >= 0.3 is 11.6 Å². The molecule has 0 atom stereocenters. The number of hydrogen-bond donors (Lipinski definition) is 0. The molecular weight excluding hydrogens is 1480 g/mol. The molecular formula is C84H22F10N20. The Morgan fingerprint density at radius 3 is 0.807 bits per heavy atom. The van der Waals surface area contributed by atoms with Gasteiger partial charge in [-0.05, 0) is 77.5 Å². The molecule has 114 heavy (non-hydrogen) atoms. The van der Waals surface area contributed by atoms with Gasteiger partial charge in [-0.15, -0.1) is 0 Å². The third kappa shape index (κ3) is 15.5. The quantitative estimate of drug-likeness (QED) is 0.0598. The Hall–Kier alpha value is -19.2. The Morgan fingerprint density at radius 1 is 0.228 bits per heavy atom. The molecule has 2 aliphatic carbocycles. The van der Waals surface area contributed by atoms with Gasteiger partial charge in [-0.3, -0.25) is 0 Å². The normalized spacial score (nSPS) is 10.6. The minimum atomic E-state index is -2.22. The lowest BCUT2D eigenvalue weighted by Crippen LogP contribution is -2.30. The van der Waals surface area contributed by atoms with Crippen molar-refractivity contribution in [2.45, 2.75) is 0 Å². The van der Waals surface area contributed by atoms with E-state index in [-0.39, 0.29) is 34.2 Å². The summed E-state index contributed by atoms with van der Waals surface area (Å²) in [5, 5.41) is 82.9. The molecule has 30 heteroatoms. The smallest absolute Gasteiger partial charge is 0.226 e. The van der Waals surface area contributed by atoms with E-state index in [1.54, 1.807) is 60.7 Å². The zero-order valence-corrected chi connectivity index (χ0v) is 56.4. The highest BCUT2D eigenvalue weighted by molar-refractivity contribution is 6.10. The van der Waals surface area contributed by atoms with Gasteiger partial charge in [0, 0.05) is 16.4 Å². The van der Waals surface area contributed by atoms with Crippen LogP contribution in [0.3, 0.4) is 0 Å². The summed E-state index contributed by atoms with van der Waals surface area (Å²) in [5.41, 5.74) is 4.86. The topological polar surface area (TPSA) is 282 Å². The van der Waals surface area contributed by atoms with E-state index in [9.17, 15) is 54.4 Å². The maximum absolute atomic E-state index is 14.4. The predicted molar refractivity (Wildman–Crippen MR) is 383 cm³/mol. The van der Waals surface area contributed by atoms with Crippen molar-refractivity contribution in [3.63, 3.8) is 0 Å². The first kappa shape index (κ1) is 82.1. The first-order valence-corrected chi connectivity index (χ1v) is 30.4. The first-order chi connectivity index (χ1) is 54.9. The lowest BCUT2D eigenvalue weighted by molar-refractivity contribution is 0.434. The molecule has 0 amide bonds. The number of allylic oxidation sites excluding steroid dienone is 2. The molecule has 0 radical (unpaired) electrons. The third-order valence-electron chi connectivity index (χ3n) is 16.0. The van der Waals surface area contributed by atoms with E-state index in [1.165, 1.54) is 0 Å². The average Bonchev–Trinajstić information content (AvgIpc) is 1.61. The molecule has 9 aromatic rings. The second-order valence-corrected chi connectivity index (χ2v) is 21.6. The molecule has 9 aromatic carbocycles. The standard InChI is InChI=1S/C26H10N4.C18H8N4.C16F6N4.C12F4N4.C12H4N4/c1-29-23(13-27)25-17-9-5-3-7-15(17)19-12-22-20(11-21(19)25)16-8-4-6-10-18(16)26(22)24(14-28)30-2;1-21-18(22-2)16-9-7-14(8-10-16)13-3-5-15(6-4-13)17(11-19)12-20;1-25-16(26-2)9-11(18)8-7(14(21)15(9)22)10(17)6(5(3-23)4-24)12(19)13(8)20;1-19-5(3-17)7-9(13)11(15)8(6(4-18)20-2)12(16)10(7)14;1-15-11(7-13)9-3-5-10(6-4-9)12(8-14)16-2/h3-12H;3-10H;;;3-6H/b25-23-,26-24+;;;;. The molecule has 0 fully saturated rings. The molecule has 0 saturated heterocycles. The first-order valence-electron chi connectivity index (χ1n) is 30.4. The second kappa shape index (κ2) is 36.5. The van der Waals surface area contributed by atoms with Crippen LogP contribution in [0.1, 0.15) is 22.3 Å². The van der Waals surface area contributed by atoms with Gasteiger partial charge in [0.1, 0.15) is 78.6 Å². The van der Waals surface area contributed by atoms with Crippen LogP contribution in [-0.2, 0) is 0 Å². The molecule has 0 aliphatic heterocycles. The van der Waals surface area contributed by atoms with Gasteiger partial charge in [0.25, 0.3) is 34.2 Å². The molecule has 2 aliphatic rings. The molecule has 0 bridgehead atoms. The lowest BCUT2D eigenvalue weighted by Gasteiger charge is -2.09. The van der Waals surface area contributed by atoms with Crippen LogP contribution in [0, 0.1) is 248 Å². The fourth-order valence-corrected chi connectivity index (χ4v) is 11.0. The van der Waals surface area contributed by atoms with Crippen LogP contribution in [0.5, 0.6) is 0 Å². The fourth-order valence-electron chi connectivity index (χ4n) is 11.0. The summed E-state index contributed by atoms with van der Waals surface area (Å²) in [4.78, 5) is 29.3. The summed E-state index contributed by atoms with van der Waals surface area (Å²) in [6, 6.07) is 55.5. The monoisotopic (exact) mass is 1500 g/mol. The van der Waals surface area contributed by atoms with Crippen molar-refractivity contribution < 1.29 is 43.9 Å². The number of nitrogens with zero attached hydrogens (tertiary/aromatic N) is 20. The minimum Gasteiger partial charge on any atom is -0.226 e. The Morgan fingerprint density at radius 2 is 0.509 bits per heavy atom. The molecule has 11 rings (SSSR count). The number of hydrogen-bond acceptors (Lipinski definition) is 10. The zero-order chi connectivity index (χ0) is 83.9. The SMILES string of the molecule is [C-]#[N+]/C(C#N)=C1/c2ccccc2-c2cc3c(cc21)-c1ccccc1/C3=C(/C#N)[N+]#[C-].[C-]#[N+]C(C#N)=c1c(F)c(F)c(=C(C#N)[N+]#[C-])c(F)c1F.[C-]#[N+]C(C#N)=c1ccc(=C(C#N)[N+]#[C-])cc1.[C-]#[N+]C([N+]#[C-])=c1c(F)c(F)c2c(F)c(=C(C#N)C#N)c(F)c(F)c2c1F.[C-]#[N+]C([N+]#[C-])=c1ccc(=c2ccc(=C(C#N)C#N)cc2)cc1. The van der Waals surface area contributed by atoms with Crippen molar-refractivity contribution in [1.82, 2.24) is 0 Å².